The zero-order chi connectivity index (χ0) is 11.2. The Morgan fingerprint density at radius 2 is 2.38 bits per heavy atom. The molecular weight excluding hydrogens is 209 g/mol. The number of hydrogen-bond acceptors (Lipinski definition) is 3. The predicted molar refractivity (Wildman–Crippen MR) is 57.5 cm³/mol. The molecule has 0 spiro atoms. The molecule has 5 heteroatoms. The van der Waals surface area contributed by atoms with Gasteiger partial charge in [0.1, 0.15) is 12.4 Å². The Balaban J connectivity index is 1.76. The highest BCUT2D eigenvalue weighted by atomic mass is 19.1. The smallest absolute Gasteiger partial charge is 0.117 e. The Morgan fingerprint density at radius 1 is 1.44 bits per heavy atom. The van der Waals surface area contributed by atoms with Crippen LogP contribution in [0.1, 0.15) is 11.3 Å². The molecule has 16 heavy (non-hydrogen) atoms. The van der Waals surface area contributed by atoms with Crippen molar-refractivity contribution in [1.82, 2.24) is 15.1 Å². The summed E-state index contributed by atoms with van der Waals surface area (Å²) in [7, 11) is 0. The quantitative estimate of drug-likeness (QED) is 0.811. The molecule has 0 atom stereocenters. The van der Waals surface area contributed by atoms with E-state index in [1.165, 1.54) is 0 Å². The van der Waals surface area contributed by atoms with Crippen LogP contribution in [0.3, 0.4) is 0 Å². The SMILES string of the molecule is FCCn1cc(CNCc2ccco2)cn1. The number of aromatic nitrogens is 2. The predicted octanol–water partition coefficient (Wildman–Crippen LogP) is 1.74. The summed E-state index contributed by atoms with van der Waals surface area (Å²) < 4.78 is 18.8. The summed E-state index contributed by atoms with van der Waals surface area (Å²) in [5, 5.41) is 7.25. The van der Waals surface area contributed by atoms with E-state index in [9.17, 15) is 4.39 Å². The molecule has 0 radical (unpaired) electrons. The van der Waals surface area contributed by atoms with Gasteiger partial charge in [0.15, 0.2) is 0 Å². The fourth-order valence-corrected chi connectivity index (χ4v) is 1.45. The number of rotatable bonds is 6. The number of alkyl halides is 1. The van der Waals surface area contributed by atoms with E-state index in [1.54, 1.807) is 17.1 Å². The summed E-state index contributed by atoms with van der Waals surface area (Å²) in [6, 6.07) is 3.77. The zero-order valence-electron chi connectivity index (χ0n) is 8.90. The van der Waals surface area contributed by atoms with Crippen molar-refractivity contribution in [2.45, 2.75) is 19.6 Å². The third-order valence-electron chi connectivity index (χ3n) is 2.21. The third-order valence-corrected chi connectivity index (χ3v) is 2.21. The Morgan fingerprint density at radius 3 is 3.12 bits per heavy atom. The zero-order valence-corrected chi connectivity index (χ0v) is 8.90. The number of halogens is 1. The van der Waals surface area contributed by atoms with Crippen molar-refractivity contribution in [3.8, 4) is 0 Å². The second kappa shape index (κ2) is 5.46. The van der Waals surface area contributed by atoms with E-state index in [0.29, 0.717) is 19.6 Å². The normalized spacial score (nSPS) is 10.8. The summed E-state index contributed by atoms with van der Waals surface area (Å²) in [5.41, 5.74) is 1.04. The van der Waals surface area contributed by atoms with Gasteiger partial charge in [-0.05, 0) is 12.1 Å². The topological polar surface area (TPSA) is 43.0 Å². The average molecular weight is 223 g/mol. The van der Waals surface area contributed by atoms with Crippen molar-refractivity contribution >= 4 is 0 Å². The first kappa shape index (κ1) is 10.9. The number of nitrogens with one attached hydrogen (secondary N) is 1. The minimum Gasteiger partial charge on any atom is -0.468 e. The van der Waals surface area contributed by atoms with E-state index in [1.807, 2.05) is 18.3 Å². The van der Waals surface area contributed by atoms with E-state index >= 15 is 0 Å². The first-order valence-electron chi connectivity index (χ1n) is 5.19. The molecule has 0 bridgehead atoms. The van der Waals surface area contributed by atoms with Gasteiger partial charge in [-0.2, -0.15) is 5.10 Å². The highest BCUT2D eigenvalue weighted by Gasteiger charge is 1.99. The molecule has 0 saturated carbocycles. The van der Waals surface area contributed by atoms with Crippen LogP contribution in [-0.4, -0.2) is 16.5 Å². The standard InChI is InChI=1S/C11H14FN3O/c12-3-4-15-9-10(7-14-15)6-13-8-11-2-1-5-16-11/h1-2,5,7,9,13H,3-4,6,8H2. The molecule has 2 aromatic rings. The largest absolute Gasteiger partial charge is 0.468 e. The van der Waals surface area contributed by atoms with Crippen LogP contribution in [0.2, 0.25) is 0 Å². The van der Waals surface area contributed by atoms with Crippen LogP contribution >= 0.6 is 0 Å². The fraction of sp³-hybridized carbons (Fsp3) is 0.364. The summed E-state index contributed by atoms with van der Waals surface area (Å²) in [6.45, 7) is 1.31. The van der Waals surface area contributed by atoms with Gasteiger partial charge in [0.2, 0.25) is 0 Å². The van der Waals surface area contributed by atoms with E-state index in [4.69, 9.17) is 4.42 Å². The maximum atomic E-state index is 12.0. The maximum absolute atomic E-state index is 12.0. The molecule has 86 valence electrons. The van der Waals surface area contributed by atoms with E-state index in [2.05, 4.69) is 10.4 Å². The van der Waals surface area contributed by atoms with E-state index in [-0.39, 0.29) is 6.67 Å². The second-order valence-electron chi connectivity index (χ2n) is 3.48. The van der Waals surface area contributed by atoms with Crippen LogP contribution in [0.15, 0.2) is 35.2 Å². The highest BCUT2D eigenvalue weighted by Crippen LogP contribution is 2.01. The van der Waals surface area contributed by atoms with Crippen molar-refractivity contribution in [1.29, 1.82) is 0 Å². The Bertz CT molecular complexity index is 411. The molecule has 1 N–H and O–H groups in total. The van der Waals surface area contributed by atoms with Crippen LogP contribution in [0.25, 0.3) is 0 Å². The van der Waals surface area contributed by atoms with Crippen molar-refractivity contribution < 1.29 is 8.81 Å². The van der Waals surface area contributed by atoms with Crippen molar-refractivity contribution in [2.75, 3.05) is 6.67 Å². The summed E-state index contributed by atoms with van der Waals surface area (Å²) in [6.07, 6.45) is 5.23. The van der Waals surface area contributed by atoms with Gasteiger partial charge in [0.05, 0.1) is 25.5 Å². The number of aryl methyl sites for hydroxylation is 1. The van der Waals surface area contributed by atoms with E-state index in [0.717, 1.165) is 11.3 Å². The van der Waals surface area contributed by atoms with Crippen LogP contribution < -0.4 is 5.32 Å². The van der Waals surface area contributed by atoms with Gasteiger partial charge in [0.25, 0.3) is 0 Å². The highest BCUT2D eigenvalue weighted by molar-refractivity contribution is 5.04. The Hall–Kier alpha value is -1.62. The lowest BCUT2D eigenvalue weighted by atomic mass is 10.3. The van der Waals surface area contributed by atoms with Crippen LogP contribution in [0.4, 0.5) is 4.39 Å². The molecule has 0 aliphatic heterocycles. The first-order chi connectivity index (χ1) is 7.88. The van der Waals surface area contributed by atoms with Crippen molar-refractivity contribution in [3.63, 3.8) is 0 Å². The van der Waals surface area contributed by atoms with Gasteiger partial charge in [0, 0.05) is 18.3 Å². The molecule has 4 nitrogen and oxygen atoms in total. The lowest BCUT2D eigenvalue weighted by Gasteiger charge is -1.99. The van der Waals surface area contributed by atoms with Crippen molar-refractivity contribution in [3.05, 3.63) is 42.1 Å². The monoisotopic (exact) mass is 223 g/mol. The van der Waals surface area contributed by atoms with Gasteiger partial charge in [-0.15, -0.1) is 0 Å². The average Bonchev–Trinajstić information content (AvgIpc) is 2.90. The van der Waals surface area contributed by atoms with Crippen molar-refractivity contribution in [2.24, 2.45) is 0 Å². The molecule has 2 rings (SSSR count). The van der Waals surface area contributed by atoms with Crippen LogP contribution in [0.5, 0.6) is 0 Å². The van der Waals surface area contributed by atoms with E-state index < -0.39 is 0 Å². The Labute approximate surface area is 93.1 Å². The minimum atomic E-state index is -0.388. The minimum absolute atomic E-state index is 0.318. The van der Waals surface area contributed by atoms with Gasteiger partial charge in [-0.1, -0.05) is 0 Å². The van der Waals surface area contributed by atoms with Crippen LogP contribution in [-0.2, 0) is 19.6 Å². The molecule has 0 amide bonds. The van der Waals surface area contributed by atoms with Gasteiger partial charge < -0.3 is 9.73 Å². The van der Waals surface area contributed by atoms with Gasteiger partial charge in [-0.3, -0.25) is 4.68 Å². The number of nitrogens with zero attached hydrogens (tertiary/aromatic N) is 2. The molecule has 0 aromatic carbocycles. The number of hydrogen-bond donors (Lipinski definition) is 1. The second-order valence-corrected chi connectivity index (χ2v) is 3.48. The van der Waals surface area contributed by atoms with Gasteiger partial charge >= 0.3 is 0 Å². The Kier molecular flexibility index (Phi) is 3.71. The van der Waals surface area contributed by atoms with Gasteiger partial charge in [-0.25, -0.2) is 4.39 Å². The van der Waals surface area contributed by atoms with Crippen LogP contribution in [0, 0.1) is 0 Å². The molecule has 2 aromatic heterocycles. The molecular formula is C11H14FN3O. The first-order valence-corrected chi connectivity index (χ1v) is 5.19. The molecule has 0 aliphatic carbocycles. The maximum Gasteiger partial charge on any atom is 0.117 e. The molecule has 0 fully saturated rings. The summed E-state index contributed by atoms with van der Waals surface area (Å²) in [5.74, 6) is 0.899. The molecule has 0 saturated heterocycles. The fourth-order valence-electron chi connectivity index (χ4n) is 1.45. The summed E-state index contributed by atoms with van der Waals surface area (Å²) in [4.78, 5) is 0. The number of furan rings is 1. The third kappa shape index (κ3) is 2.93. The molecule has 2 heterocycles. The molecule has 0 unspecified atom stereocenters. The lowest BCUT2D eigenvalue weighted by molar-refractivity contribution is 0.427. The lowest BCUT2D eigenvalue weighted by Crippen LogP contribution is -2.11. The molecule has 0 aliphatic rings. The summed E-state index contributed by atoms with van der Waals surface area (Å²) >= 11 is 0.